The molecule has 0 aromatic carbocycles. The fourth-order valence-electron chi connectivity index (χ4n) is 6.62. The third-order valence-electron chi connectivity index (χ3n) is 10.1. The minimum Gasteiger partial charge on any atom is -0.457 e. The van der Waals surface area contributed by atoms with Crippen molar-refractivity contribution >= 4 is 5.97 Å². The highest BCUT2D eigenvalue weighted by atomic mass is 16.6. The molecule has 0 heterocycles. The second kappa shape index (κ2) is 46.5. The van der Waals surface area contributed by atoms with Gasteiger partial charge in [-0.25, -0.2) is 0 Å². The zero-order valence-electron chi connectivity index (χ0n) is 35.5. The zero-order chi connectivity index (χ0) is 38.4. The number of unbranched alkanes of at least 4 members (excludes halogenated alkanes) is 27. The molecule has 0 saturated heterocycles. The number of ether oxygens (including phenoxy) is 2. The summed E-state index contributed by atoms with van der Waals surface area (Å²) in [6, 6.07) is 0. The van der Waals surface area contributed by atoms with Gasteiger partial charge in [-0.3, -0.25) is 4.79 Å². The van der Waals surface area contributed by atoms with Gasteiger partial charge in [-0.05, 0) is 77.0 Å². The van der Waals surface area contributed by atoms with Crippen molar-refractivity contribution in [2.75, 3.05) is 19.8 Å². The standard InChI is InChI=1S/C49H90O4/c1-3-5-7-9-11-13-15-17-19-21-22-23-24-25-26-27-29-31-33-35-37-39-41-43-45-52-47-48(46-50)53-49(51)44-42-40-38-36-34-32-30-28-20-18-16-14-12-10-8-6-4-2/h15,17-18,20-22,24-25,48,50H,3-14,16,19,23,26-47H2,1-2H3/b17-15-,20-18-,22-21-,25-24-. The van der Waals surface area contributed by atoms with Gasteiger partial charge in [0, 0.05) is 13.0 Å². The Balaban J connectivity index is 3.44. The number of carbonyl (C=O) groups is 1. The molecule has 0 aromatic rings. The van der Waals surface area contributed by atoms with E-state index < -0.39 is 6.10 Å². The van der Waals surface area contributed by atoms with Gasteiger partial charge >= 0.3 is 5.97 Å². The number of rotatable bonds is 43. The van der Waals surface area contributed by atoms with Gasteiger partial charge in [0.25, 0.3) is 0 Å². The van der Waals surface area contributed by atoms with Crippen LogP contribution in [0, 0.1) is 0 Å². The third-order valence-corrected chi connectivity index (χ3v) is 10.1. The van der Waals surface area contributed by atoms with Crippen molar-refractivity contribution in [3.63, 3.8) is 0 Å². The molecular formula is C49H90O4. The number of aliphatic hydroxyl groups is 1. The largest absolute Gasteiger partial charge is 0.457 e. The summed E-state index contributed by atoms with van der Waals surface area (Å²) in [4.78, 5) is 12.2. The number of esters is 1. The lowest BCUT2D eigenvalue weighted by Gasteiger charge is -2.16. The van der Waals surface area contributed by atoms with Crippen LogP contribution in [0.4, 0.5) is 0 Å². The van der Waals surface area contributed by atoms with E-state index in [1.54, 1.807) is 0 Å². The molecule has 0 saturated carbocycles. The van der Waals surface area contributed by atoms with E-state index >= 15 is 0 Å². The van der Waals surface area contributed by atoms with Crippen molar-refractivity contribution < 1.29 is 19.4 Å². The maximum absolute atomic E-state index is 12.2. The van der Waals surface area contributed by atoms with Crippen molar-refractivity contribution in [2.45, 2.75) is 238 Å². The Morgan fingerprint density at radius 3 is 1.21 bits per heavy atom. The molecular weight excluding hydrogens is 653 g/mol. The van der Waals surface area contributed by atoms with E-state index in [9.17, 15) is 9.90 Å². The van der Waals surface area contributed by atoms with E-state index in [0.717, 1.165) is 32.1 Å². The van der Waals surface area contributed by atoms with Gasteiger partial charge < -0.3 is 14.6 Å². The van der Waals surface area contributed by atoms with Crippen LogP contribution in [0.5, 0.6) is 0 Å². The van der Waals surface area contributed by atoms with Crippen molar-refractivity contribution in [2.24, 2.45) is 0 Å². The first-order chi connectivity index (χ1) is 26.2. The molecule has 4 heteroatoms. The molecule has 0 spiro atoms. The van der Waals surface area contributed by atoms with Gasteiger partial charge in [0.1, 0.15) is 6.10 Å². The lowest BCUT2D eigenvalue weighted by atomic mass is 10.1. The molecule has 0 aliphatic heterocycles. The summed E-state index contributed by atoms with van der Waals surface area (Å²) >= 11 is 0. The van der Waals surface area contributed by atoms with Crippen LogP contribution in [0.15, 0.2) is 48.6 Å². The van der Waals surface area contributed by atoms with E-state index in [4.69, 9.17) is 9.47 Å². The van der Waals surface area contributed by atoms with Crippen LogP contribution in [0.2, 0.25) is 0 Å². The number of hydrogen-bond acceptors (Lipinski definition) is 4. The average molecular weight is 743 g/mol. The Kier molecular flexibility index (Phi) is 45.1. The highest BCUT2D eigenvalue weighted by Gasteiger charge is 2.13. The first-order valence-corrected chi connectivity index (χ1v) is 23.2. The average Bonchev–Trinajstić information content (AvgIpc) is 3.16. The first-order valence-electron chi connectivity index (χ1n) is 23.2. The van der Waals surface area contributed by atoms with Crippen LogP contribution in [0.25, 0.3) is 0 Å². The topological polar surface area (TPSA) is 55.8 Å². The lowest BCUT2D eigenvalue weighted by molar-refractivity contribution is -0.154. The maximum Gasteiger partial charge on any atom is 0.306 e. The fourth-order valence-corrected chi connectivity index (χ4v) is 6.62. The van der Waals surface area contributed by atoms with E-state index in [0.29, 0.717) is 19.6 Å². The molecule has 0 aliphatic rings. The highest BCUT2D eigenvalue weighted by molar-refractivity contribution is 5.69. The zero-order valence-corrected chi connectivity index (χ0v) is 35.5. The fraction of sp³-hybridized carbons (Fsp3) is 0.816. The van der Waals surface area contributed by atoms with Crippen molar-refractivity contribution in [3.05, 3.63) is 48.6 Å². The third kappa shape index (κ3) is 44.6. The predicted molar refractivity (Wildman–Crippen MR) is 233 cm³/mol. The predicted octanol–water partition coefficient (Wildman–Crippen LogP) is 15.4. The minimum absolute atomic E-state index is 0.176. The summed E-state index contributed by atoms with van der Waals surface area (Å²) in [6.45, 7) is 5.33. The van der Waals surface area contributed by atoms with E-state index in [-0.39, 0.29) is 12.6 Å². The van der Waals surface area contributed by atoms with Gasteiger partial charge in [-0.15, -0.1) is 0 Å². The molecule has 0 radical (unpaired) electrons. The van der Waals surface area contributed by atoms with Crippen molar-refractivity contribution in [3.8, 4) is 0 Å². The first kappa shape index (κ1) is 51.4. The summed E-state index contributed by atoms with van der Waals surface area (Å²) < 4.78 is 11.2. The number of allylic oxidation sites excluding steroid dienone is 8. The van der Waals surface area contributed by atoms with Gasteiger partial charge in [-0.2, -0.15) is 0 Å². The summed E-state index contributed by atoms with van der Waals surface area (Å²) in [7, 11) is 0. The highest BCUT2D eigenvalue weighted by Crippen LogP contribution is 2.14. The van der Waals surface area contributed by atoms with Crippen LogP contribution in [-0.2, 0) is 14.3 Å². The molecule has 53 heavy (non-hydrogen) atoms. The summed E-state index contributed by atoms with van der Waals surface area (Å²) in [5, 5.41) is 9.62. The molecule has 0 aliphatic carbocycles. The molecule has 1 atom stereocenters. The molecule has 0 fully saturated rings. The normalized spacial score (nSPS) is 12.7. The summed E-state index contributed by atoms with van der Waals surface area (Å²) in [6.07, 6.45) is 60.4. The Morgan fingerprint density at radius 2 is 0.792 bits per heavy atom. The van der Waals surface area contributed by atoms with Gasteiger partial charge in [-0.1, -0.05) is 197 Å². The van der Waals surface area contributed by atoms with Gasteiger partial charge in [0.05, 0.1) is 13.2 Å². The van der Waals surface area contributed by atoms with Crippen molar-refractivity contribution in [1.82, 2.24) is 0 Å². The Hall–Kier alpha value is -1.65. The Labute approximate surface area is 331 Å². The van der Waals surface area contributed by atoms with Gasteiger partial charge in [0.2, 0.25) is 0 Å². The second-order valence-electron chi connectivity index (χ2n) is 15.5. The summed E-state index contributed by atoms with van der Waals surface area (Å²) in [5.41, 5.74) is 0. The SMILES string of the molecule is CCCCCCC/C=C\C/C=C\C/C=C\CCCCCCCCCCCOCC(CO)OC(=O)CCCCCCCCC/C=C\CCCCCCCC. The monoisotopic (exact) mass is 743 g/mol. The smallest absolute Gasteiger partial charge is 0.306 e. The molecule has 310 valence electrons. The van der Waals surface area contributed by atoms with E-state index in [1.165, 1.54) is 180 Å². The van der Waals surface area contributed by atoms with Crippen LogP contribution >= 0.6 is 0 Å². The molecule has 1 unspecified atom stereocenters. The van der Waals surface area contributed by atoms with Crippen LogP contribution < -0.4 is 0 Å². The molecule has 0 amide bonds. The number of hydrogen-bond donors (Lipinski definition) is 1. The van der Waals surface area contributed by atoms with Crippen LogP contribution in [0.3, 0.4) is 0 Å². The van der Waals surface area contributed by atoms with Crippen LogP contribution in [0.1, 0.15) is 232 Å². The Bertz CT molecular complexity index is 828. The van der Waals surface area contributed by atoms with E-state index in [1.807, 2.05) is 0 Å². The molecule has 4 nitrogen and oxygen atoms in total. The number of aliphatic hydroxyl groups excluding tert-OH is 1. The van der Waals surface area contributed by atoms with Crippen LogP contribution in [-0.4, -0.2) is 37.0 Å². The number of carbonyl (C=O) groups excluding carboxylic acids is 1. The van der Waals surface area contributed by atoms with Crippen molar-refractivity contribution in [1.29, 1.82) is 0 Å². The lowest BCUT2D eigenvalue weighted by Crippen LogP contribution is -2.27. The Morgan fingerprint density at radius 1 is 0.453 bits per heavy atom. The molecule has 1 N–H and O–H groups in total. The van der Waals surface area contributed by atoms with Gasteiger partial charge in [0.15, 0.2) is 0 Å². The molecule has 0 aromatic heterocycles. The van der Waals surface area contributed by atoms with E-state index in [2.05, 4.69) is 62.5 Å². The second-order valence-corrected chi connectivity index (χ2v) is 15.5. The summed E-state index contributed by atoms with van der Waals surface area (Å²) in [5.74, 6) is -0.206. The maximum atomic E-state index is 12.2. The minimum atomic E-state index is -0.540. The quantitative estimate of drug-likeness (QED) is 0.0384. The molecule has 0 bridgehead atoms. The molecule has 0 rings (SSSR count).